The first-order valence-electron chi connectivity index (χ1n) is 4.10. The van der Waals surface area contributed by atoms with Crippen LogP contribution in [0.3, 0.4) is 0 Å². The molecule has 0 rings (SSSR count). The Hall–Kier alpha value is 0.778. The molecule has 0 fully saturated rings. The van der Waals surface area contributed by atoms with E-state index in [4.69, 9.17) is 0 Å². The molecule has 0 aromatic carbocycles. The molecule has 0 bridgehead atoms. The first-order valence-corrected chi connectivity index (χ1v) is 5.24. The van der Waals surface area contributed by atoms with Crippen molar-refractivity contribution in [1.82, 2.24) is 3.06 Å². The minimum atomic E-state index is 0.754. The fourth-order valence-electron chi connectivity index (χ4n) is 0.809. The van der Waals surface area contributed by atoms with Crippen LogP contribution < -0.4 is 0 Å². The molecular formula is C8H18NSb. The van der Waals surface area contributed by atoms with Gasteiger partial charge in [-0.3, -0.25) is 0 Å². The Balaban J connectivity index is 3.69. The van der Waals surface area contributed by atoms with Gasteiger partial charge in [0.1, 0.15) is 0 Å². The fourth-order valence-corrected chi connectivity index (χ4v) is 1.74. The van der Waals surface area contributed by atoms with Crippen LogP contribution in [0.25, 0.3) is 0 Å². The summed E-state index contributed by atoms with van der Waals surface area (Å²) in [4.78, 5) is 0. The van der Waals surface area contributed by atoms with Crippen LogP contribution in [-0.2, 0) is 0 Å². The summed E-state index contributed by atoms with van der Waals surface area (Å²) in [5.74, 6) is 0. The molecule has 0 heterocycles. The maximum atomic E-state index is 2.49. The Morgan fingerprint density at radius 3 is 1.60 bits per heavy atom. The summed E-state index contributed by atoms with van der Waals surface area (Å²) in [6, 6.07) is 1.51. The van der Waals surface area contributed by atoms with Crippen molar-refractivity contribution >= 4 is 23.3 Å². The van der Waals surface area contributed by atoms with Crippen molar-refractivity contribution in [2.75, 3.05) is 0 Å². The van der Waals surface area contributed by atoms with Gasteiger partial charge in [0.05, 0.1) is 0 Å². The predicted molar refractivity (Wildman–Crippen MR) is 47.1 cm³/mol. The van der Waals surface area contributed by atoms with Gasteiger partial charge in [0.15, 0.2) is 0 Å². The standard InChI is InChI=1S/C8H18N.Sb/c1-5-7(3)9-8(4)6-2;/h7-8H,5-6H2,1-4H3;/q-1;+1. The number of hydrogen-bond acceptors (Lipinski definition) is 1. The Kier molecular flexibility index (Phi) is 5.85. The molecule has 0 aliphatic carbocycles. The molecule has 0 aromatic rings. The molecule has 2 radical (unpaired) electrons. The van der Waals surface area contributed by atoms with Gasteiger partial charge in [-0.25, -0.2) is 0 Å². The van der Waals surface area contributed by atoms with Crippen LogP contribution in [0.4, 0.5) is 0 Å². The van der Waals surface area contributed by atoms with Crippen molar-refractivity contribution in [1.29, 1.82) is 0 Å². The molecule has 0 saturated heterocycles. The van der Waals surface area contributed by atoms with E-state index in [1.165, 1.54) is 12.8 Å². The van der Waals surface area contributed by atoms with Gasteiger partial charge >= 0.3 is 79.0 Å². The fraction of sp³-hybridized carbons (Fsp3) is 1.00. The number of rotatable bonds is 4. The van der Waals surface area contributed by atoms with Gasteiger partial charge in [-0.15, -0.1) is 0 Å². The van der Waals surface area contributed by atoms with E-state index >= 15 is 0 Å². The van der Waals surface area contributed by atoms with E-state index in [0.29, 0.717) is 0 Å². The van der Waals surface area contributed by atoms with Crippen molar-refractivity contribution in [2.45, 2.75) is 52.6 Å². The molecule has 60 valence electrons. The monoisotopic (exact) mass is 249 g/mol. The Morgan fingerprint density at radius 2 is 1.40 bits per heavy atom. The second kappa shape index (κ2) is 5.43. The molecule has 0 aliphatic rings. The quantitative estimate of drug-likeness (QED) is 0.689. The van der Waals surface area contributed by atoms with Crippen LogP contribution in [0.1, 0.15) is 40.5 Å². The number of hydrogen-bond donors (Lipinski definition) is 0. The van der Waals surface area contributed by atoms with Crippen LogP contribution in [0.15, 0.2) is 0 Å². The van der Waals surface area contributed by atoms with Crippen LogP contribution in [0.5, 0.6) is 0 Å². The summed E-state index contributed by atoms with van der Waals surface area (Å²) in [6.07, 6.45) is 2.53. The molecular weight excluding hydrogens is 232 g/mol. The van der Waals surface area contributed by atoms with Gasteiger partial charge in [-0.1, -0.05) is 0 Å². The zero-order valence-corrected chi connectivity index (χ0v) is 10.0. The van der Waals surface area contributed by atoms with Crippen LogP contribution in [0.2, 0.25) is 0 Å². The maximum absolute atomic E-state index is 2.49. The van der Waals surface area contributed by atoms with Gasteiger partial charge in [0.2, 0.25) is 0 Å². The van der Waals surface area contributed by atoms with Crippen molar-refractivity contribution in [3.05, 3.63) is 0 Å². The molecule has 0 spiro atoms. The van der Waals surface area contributed by atoms with Gasteiger partial charge < -0.3 is 0 Å². The van der Waals surface area contributed by atoms with Crippen LogP contribution >= 0.6 is 0 Å². The van der Waals surface area contributed by atoms with Gasteiger partial charge in [-0.2, -0.15) is 0 Å². The van der Waals surface area contributed by atoms with Gasteiger partial charge in [0, 0.05) is 0 Å². The van der Waals surface area contributed by atoms with Crippen LogP contribution in [-0.4, -0.2) is 38.4 Å². The molecule has 10 heavy (non-hydrogen) atoms. The average Bonchev–Trinajstić information content (AvgIpc) is 2.00. The summed E-state index contributed by atoms with van der Waals surface area (Å²) in [5, 5.41) is 0. The van der Waals surface area contributed by atoms with E-state index in [0.717, 1.165) is 12.1 Å². The van der Waals surface area contributed by atoms with Crippen LogP contribution in [0, 0.1) is 0 Å². The molecule has 0 N–H and O–H groups in total. The Labute approximate surface area is 79.0 Å². The van der Waals surface area contributed by atoms with E-state index in [-0.39, 0.29) is 0 Å². The van der Waals surface area contributed by atoms with Crippen molar-refractivity contribution in [3.8, 4) is 0 Å². The summed E-state index contributed by atoms with van der Waals surface area (Å²) in [5.41, 5.74) is 0. The first-order chi connectivity index (χ1) is 4.63. The van der Waals surface area contributed by atoms with E-state index in [9.17, 15) is 0 Å². The molecule has 0 saturated carbocycles. The molecule has 1 nitrogen and oxygen atoms in total. The Bertz CT molecular complexity index is 75.3. The zero-order chi connectivity index (χ0) is 8.15. The van der Waals surface area contributed by atoms with Gasteiger partial charge in [0.25, 0.3) is 0 Å². The van der Waals surface area contributed by atoms with Crippen molar-refractivity contribution < 1.29 is 0 Å². The summed E-state index contributed by atoms with van der Waals surface area (Å²) in [6.45, 7) is 9.09. The van der Waals surface area contributed by atoms with E-state index < -0.39 is 0 Å². The molecule has 2 unspecified atom stereocenters. The summed E-state index contributed by atoms with van der Waals surface area (Å²) in [7, 11) is 0. The molecule has 0 aromatic heterocycles. The molecule has 0 aliphatic heterocycles. The molecule has 0 amide bonds. The second-order valence-corrected chi connectivity index (χ2v) is 4.21. The predicted octanol–water partition coefficient (Wildman–Crippen LogP) is 1.97. The number of nitrogens with zero attached hydrogens (tertiary/aromatic N) is 1. The second-order valence-electron chi connectivity index (χ2n) is 2.89. The minimum absolute atomic E-state index is 0.754. The average molecular weight is 250 g/mol. The van der Waals surface area contributed by atoms with E-state index in [2.05, 4.69) is 30.8 Å². The summed E-state index contributed by atoms with van der Waals surface area (Å²) >= 11 is 1.85. The van der Waals surface area contributed by atoms with Gasteiger partial charge in [-0.05, 0) is 0 Å². The van der Waals surface area contributed by atoms with Crippen molar-refractivity contribution in [3.63, 3.8) is 0 Å². The summed E-state index contributed by atoms with van der Waals surface area (Å²) < 4.78 is 2.49. The van der Waals surface area contributed by atoms with E-state index in [1.54, 1.807) is 0 Å². The van der Waals surface area contributed by atoms with E-state index in [1.807, 2.05) is 23.3 Å². The zero-order valence-electron chi connectivity index (χ0n) is 7.46. The topological polar surface area (TPSA) is 3.24 Å². The normalized spacial score (nSPS) is 17.4. The van der Waals surface area contributed by atoms with Crippen molar-refractivity contribution in [2.24, 2.45) is 0 Å². The third-order valence-electron chi connectivity index (χ3n) is 2.08. The molecule has 2 atom stereocenters. The Morgan fingerprint density at radius 1 is 1.10 bits per heavy atom. The third kappa shape index (κ3) is 3.25. The third-order valence-corrected chi connectivity index (χ3v) is 4.34. The first kappa shape index (κ1) is 10.8. The SMILES string of the molecule is CCC(C)[N]([Sb])C(C)CC. The molecule has 2 heteroatoms.